The monoisotopic (exact) mass is 173 g/mol. The number of hydrogen-bond donors (Lipinski definition) is 0. The van der Waals surface area contributed by atoms with E-state index in [1.807, 2.05) is 0 Å². The van der Waals surface area contributed by atoms with Gasteiger partial charge in [-0.2, -0.15) is 0 Å². The number of halogens is 2. The number of pyridine rings is 1. The normalized spacial score (nSPS) is 10.3. The Morgan fingerprint density at radius 2 is 2.33 bits per heavy atom. The van der Waals surface area contributed by atoms with Crippen LogP contribution < -0.4 is 4.74 Å². The molecular formula is C8H9F2NO. The molecule has 0 saturated carbocycles. The van der Waals surface area contributed by atoms with Crippen molar-refractivity contribution in [3.8, 4) is 5.75 Å². The Morgan fingerprint density at radius 3 is 2.92 bits per heavy atom. The van der Waals surface area contributed by atoms with Crippen LogP contribution in [-0.2, 0) is 0 Å². The lowest BCUT2D eigenvalue weighted by atomic mass is 10.2. The molecule has 2 nitrogen and oxygen atoms in total. The molecule has 1 rings (SSSR count). The van der Waals surface area contributed by atoms with Gasteiger partial charge in [-0.25, -0.2) is 8.78 Å². The van der Waals surface area contributed by atoms with Crippen molar-refractivity contribution < 1.29 is 13.5 Å². The molecule has 0 aliphatic heterocycles. The Morgan fingerprint density at radius 1 is 1.58 bits per heavy atom. The lowest BCUT2D eigenvalue weighted by Crippen LogP contribution is -1.97. The molecule has 0 aliphatic rings. The fraction of sp³-hybridized carbons (Fsp3) is 0.375. The van der Waals surface area contributed by atoms with E-state index in [0.29, 0.717) is 6.61 Å². The van der Waals surface area contributed by atoms with Crippen LogP contribution in [-0.4, -0.2) is 11.6 Å². The van der Waals surface area contributed by atoms with Crippen LogP contribution in [0.4, 0.5) is 8.78 Å². The van der Waals surface area contributed by atoms with Crippen LogP contribution in [0.15, 0.2) is 18.5 Å². The highest BCUT2D eigenvalue weighted by atomic mass is 19.3. The van der Waals surface area contributed by atoms with E-state index < -0.39 is 6.43 Å². The summed E-state index contributed by atoms with van der Waals surface area (Å²) in [6.45, 7) is 2.10. The molecule has 0 N–H and O–H groups in total. The van der Waals surface area contributed by atoms with Crippen LogP contribution >= 0.6 is 0 Å². The quantitative estimate of drug-likeness (QED) is 0.700. The highest BCUT2D eigenvalue weighted by molar-refractivity contribution is 5.30. The van der Waals surface area contributed by atoms with Crippen LogP contribution in [0.5, 0.6) is 5.75 Å². The number of alkyl halides is 2. The Bertz CT molecular complexity index is 253. The molecule has 1 aromatic heterocycles. The van der Waals surface area contributed by atoms with Gasteiger partial charge < -0.3 is 4.74 Å². The standard InChI is InChI=1S/C8H9F2NO/c1-2-12-7-5-11-4-3-6(7)8(9)10/h3-5,8H,2H2,1H3. The van der Waals surface area contributed by atoms with Crippen LogP contribution in [0.1, 0.15) is 18.9 Å². The lowest BCUT2D eigenvalue weighted by molar-refractivity contribution is 0.145. The summed E-state index contributed by atoms with van der Waals surface area (Å²) in [5, 5.41) is 0. The smallest absolute Gasteiger partial charge is 0.267 e. The zero-order chi connectivity index (χ0) is 8.97. The first kappa shape index (κ1) is 8.90. The second-order valence-corrected chi connectivity index (χ2v) is 2.15. The van der Waals surface area contributed by atoms with Gasteiger partial charge in [0.1, 0.15) is 5.75 Å². The molecule has 4 heteroatoms. The van der Waals surface area contributed by atoms with Gasteiger partial charge in [-0.05, 0) is 13.0 Å². The first-order chi connectivity index (χ1) is 5.75. The predicted molar refractivity (Wildman–Crippen MR) is 40.4 cm³/mol. The molecule has 0 aliphatic carbocycles. The topological polar surface area (TPSA) is 22.1 Å². The number of ether oxygens (including phenoxy) is 1. The maximum atomic E-state index is 12.2. The molecule has 0 atom stereocenters. The summed E-state index contributed by atoms with van der Waals surface area (Å²) in [5.41, 5.74) is -0.105. The van der Waals surface area contributed by atoms with Gasteiger partial charge in [-0.1, -0.05) is 0 Å². The SMILES string of the molecule is CCOc1cnccc1C(F)F. The third-order valence-corrected chi connectivity index (χ3v) is 1.35. The van der Waals surface area contributed by atoms with Gasteiger partial charge in [0.15, 0.2) is 0 Å². The fourth-order valence-corrected chi connectivity index (χ4v) is 0.847. The third kappa shape index (κ3) is 1.90. The number of aromatic nitrogens is 1. The van der Waals surface area contributed by atoms with E-state index >= 15 is 0 Å². The highest BCUT2D eigenvalue weighted by Gasteiger charge is 2.12. The summed E-state index contributed by atoms with van der Waals surface area (Å²) >= 11 is 0. The van der Waals surface area contributed by atoms with Crippen LogP contribution in [0.3, 0.4) is 0 Å². The van der Waals surface area contributed by atoms with E-state index in [0.717, 1.165) is 0 Å². The van der Waals surface area contributed by atoms with Crippen molar-refractivity contribution in [2.45, 2.75) is 13.3 Å². The summed E-state index contributed by atoms with van der Waals surface area (Å²) in [5.74, 6) is 0.162. The molecule has 0 radical (unpaired) electrons. The zero-order valence-electron chi connectivity index (χ0n) is 6.63. The second-order valence-electron chi connectivity index (χ2n) is 2.15. The molecular weight excluding hydrogens is 164 g/mol. The molecule has 66 valence electrons. The van der Waals surface area contributed by atoms with Gasteiger partial charge in [-0.15, -0.1) is 0 Å². The predicted octanol–water partition coefficient (Wildman–Crippen LogP) is 2.42. The molecule has 1 heterocycles. The Balaban J connectivity index is 2.92. The molecule has 0 fully saturated rings. The highest BCUT2D eigenvalue weighted by Crippen LogP contribution is 2.27. The molecule has 0 spiro atoms. The first-order valence-electron chi connectivity index (χ1n) is 3.60. The van der Waals surface area contributed by atoms with Crippen molar-refractivity contribution in [3.63, 3.8) is 0 Å². The number of rotatable bonds is 3. The molecule has 0 unspecified atom stereocenters. The molecule has 12 heavy (non-hydrogen) atoms. The van der Waals surface area contributed by atoms with Crippen molar-refractivity contribution in [2.75, 3.05) is 6.61 Å². The van der Waals surface area contributed by atoms with E-state index in [1.54, 1.807) is 6.92 Å². The summed E-state index contributed by atoms with van der Waals surface area (Å²) in [6, 6.07) is 1.26. The van der Waals surface area contributed by atoms with E-state index in [9.17, 15) is 8.78 Å². The van der Waals surface area contributed by atoms with Gasteiger partial charge in [0.05, 0.1) is 18.4 Å². The minimum absolute atomic E-state index is 0.105. The van der Waals surface area contributed by atoms with Crippen molar-refractivity contribution in [2.24, 2.45) is 0 Å². The maximum Gasteiger partial charge on any atom is 0.267 e. The Kier molecular flexibility index (Phi) is 2.96. The maximum absolute atomic E-state index is 12.2. The summed E-state index contributed by atoms with van der Waals surface area (Å²) in [6.07, 6.45) is 0.115. The minimum atomic E-state index is -2.51. The van der Waals surface area contributed by atoms with Crippen LogP contribution in [0, 0.1) is 0 Å². The second kappa shape index (κ2) is 3.99. The molecule has 1 aromatic rings. The van der Waals surface area contributed by atoms with Crippen molar-refractivity contribution >= 4 is 0 Å². The van der Waals surface area contributed by atoms with Crippen LogP contribution in [0.2, 0.25) is 0 Å². The lowest BCUT2D eigenvalue weighted by Gasteiger charge is -2.07. The van der Waals surface area contributed by atoms with Gasteiger partial charge in [0, 0.05) is 6.20 Å². The van der Waals surface area contributed by atoms with Crippen molar-refractivity contribution in [1.29, 1.82) is 0 Å². The summed E-state index contributed by atoms with van der Waals surface area (Å²) < 4.78 is 29.4. The van der Waals surface area contributed by atoms with Gasteiger partial charge in [0.2, 0.25) is 0 Å². The average Bonchev–Trinajstić information content (AvgIpc) is 2.05. The zero-order valence-corrected chi connectivity index (χ0v) is 6.63. The van der Waals surface area contributed by atoms with E-state index in [1.165, 1.54) is 18.5 Å². The Labute approximate surface area is 69.2 Å². The number of nitrogens with zero attached hydrogens (tertiary/aromatic N) is 1. The Hall–Kier alpha value is -1.19. The largest absolute Gasteiger partial charge is 0.492 e. The van der Waals surface area contributed by atoms with E-state index in [-0.39, 0.29) is 11.3 Å². The van der Waals surface area contributed by atoms with Gasteiger partial charge in [0.25, 0.3) is 6.43 Å². The van der Waals surface area contributed by atoms with E-state index in [2.05, 4.69) is 4.98 Å². The van der Waals surface area contributed by atoms with Gasteiger partial charge >= 0.3 is 0 Å². The van der Waals surface area contributed by atoms with Crippen molar-refractivity contribution in [3.05, 3.63) is 24.0 Å². The molecule has 0 bridgehead atoms. The molecule has 0 amide bonds. The minimum Gasteiger partial charge on any atom is -0.492 e. The molecule has 0 aromatic carbocycles. The third-order valence-electron chi connectivity index (χ3n) is 1.35. The summed E-state index contributed by atoms with van der Waals surface area (Å²) in [7, 11) is 0. The van der Waals surface area contributed by atoms with E-state index in [4.69, 9.17) is 4.74 Å². The van der Waals surface area contributed by atoms with Gasteiger partial charge in [-0.3, -0.25) is 4.98 Å². The number of hydrogen-bond acceptors (Lipinski definition) is 2. The van der Waals surface area contributed by atoms with Crippen LogP contribution in [0.25, 0.3) is 0 Å². The summed E-state index contributed by atoms with van der Waals surface area (Å²) in [4.78, 5) is 3.69. The fourth-order valence-electron chi connectivity index (χ4n) is 0.847. The van der Waals surface area contributed by atoms with Crippen molar-refractivity contribution in [1.82, 2.24) is 4.98 Å². The average molecular weight is 173 g/mol. The molecule has 0 saturated heterocycles. The first-order valence-corrected chi connectivity index (χ1v) is 3.60.